The second kappa shape index (κ2) is 8.63. The normalized spacial score (nSPS) is 15.0. The van der Waals surface area contributed by atoms with E-state index in [-0.39, 0.29) is 18.1 Å². The number of hydrogen-bond acceptors (Lipinski definition) is 5. The molecule has 1 amide bonds. The minimum absolute atomic E-state index is 0.139. The highest BCUT2D eigenvalue weighted by atomic mass is 32.2. The van der Waals surface area contributed by atoms with Gasteiger partial charge >= 0.3 is 0 Å². The van der Waals surface area contributed by atoms with E-state index >= 15 is 0 Å². The predicted molar refractivity (Wildman–Crippen MR) is 127 cm³/mol. The minimum atomic E-state index is -3.29. The van der Waals surface area contributed by atoms with Gasteiger partial charge in [0, 0.05) is 12.2 Å². The lowest BCUT2D eigenvalue weighted by Gasteiger charge is -2.17. The number of sulfonamides is 1. The number of nitrogens with one attached hydrogen (secondary N) is 1. The van der Waals surface area contributed by atoms with Gasteiger partial charge in [-0.3, -0.25) is 9.10 Å². The third-order valence-electron chi connectivity index (χ3n) is 5.48. The molecular weight excluding hydrogens is 440 g/mol. The van der Waals surface area contributed by atoms with E-state index in [4.69, 9.17) is 9.15 Å². The average Bonchev–Trinajstić information content (AvgIpc) is 3.43. The highest BCUT2D eigenvalue weighted by Crippen LogP contribution is 2.27. The number of hydrogen-bond donors (Lipinski definition) is 1. The lowest BCUT2D eigenvalue weighted by atomic mass is 10.1. The SMILES string of the molecule is O=C(Nc1cccc(N2CCCS2(=O)=O)c1)c1ccc(COc2ccc3ccccc3c2)o1. The maximum Gasteiger partial charge on any atom is 0.291 e. The van der Waals surface area contributed by atoms with E-state index in [2.05, 4.69) is 5.32 Å². The van der Waals surface area contributed by atoms with Crippen molar-refractivity contribution >= 4 is 38.1 Å². The fourth-order valence-corrected chi connectivity index (χ4v) is 5.41. The van der Waals surface area contributed by atoms with E-state index in [1.807, 2.05) is 42.5 Å². The summed E-state index contributed by atoms with van der Waals surface area (Å²) in [6, 6.07) is 23.9. The molecule has 168 valence electrons. The van der Waals surface area contributed by atoms with Crippen LogP contribution in [-0.2, 0) is 16.6 Å². The number of ether oxygens (including phenoxy) is 1. The second-order valence-electron chi connectivity index (χ2n) is 7.81. The summed E-state index contributed by atoms with van der Waals surface area (Å²) in [4.78, 5) is 12.6. The molecule has 0 saturated carbocycles. The van der Waals surface area contributed by atoms with Gasteiger partial charge < -0.3 is 14.5 Å². The molecule has 0 unspecified atom stereocenters. The van der Waals surface area contributed by atoms with Crippen molar-refractivity contribution < 1.29 is 22.4 Å². The van der Waals surface area contributed by atoms with Gasteiger partial charge in [-0.2, -0.15) is 0 Å². The number of furan rings is 1. The fraction of sp³-hybridized carbons (Fsp3) is 0.160. The summed E-state index contributed by atoms with van der Waals surface area (Å²) < 4.78 is 37.2. The lowest BCUT2D eigenvalue weighted by Crippen LogP contribution is -2.25. The molecule has 1 aliphatic rings. The Hall–Kier alpha value is -3.78. The summed E-state index contributed by atoms with van der Waals surface area (Å²) in [5, 5.41) is 4.98. The predicted octanol–water partition coefficient (Wildman–Crippen LogP) is 4.80. The summed E-state index contributed by atoms with van der Waals surface area (Å²) in [6.07, 6.45) is 0.593. The molecule has 7 nitrogen and oxygen atoms in total. The molecule has 0 atom stereocenters. The van der Waals surface area contributed by atoms with Gasteiger partial charge in [-0.05, 0) is 59.7 Å². The third-order valence-corrected chi connectivity index (χ3v) is 7.35. The van der Waals surface area contributed by atoms with E-state index in [1.54, 1.807) is 36.4 Å². The number of rotatable bonds is 6. The zero-order valence-electron chi connectivity index (χ0n) is 17.7. The Labute approximate surface area is 191 Å². The molecule has 1 fully saturated rings. The van der Waals surface area contributed by atoms with Crippen molar-refractivity contribution in [3.05, 3.63) is 90.4 Å². The summed E-state index contributed by atoms with van der Waals surface area (Å²) in [5.41, 5.74) is 1.03. The molecule has 33 heavy (non-hydrogen) atoms. The van der Waals surface area contributed by atoms with Gasteiger partial charge in [0.15, 0.2) is 5.76 Å². The van der Waals surface area contributed by atoms with Crippen molar-refractivity contribution in [3.63, 3.8) is 0 Å². The zero-order chi connectivity index (χ0) is 22.8. The third kappa shape index (κ3) is 4.56. The largest absolute Gasteiger partial charge is 0.486 e. The Morgan fingerprint density at radius 2 is 1.82 bits per heavy atom. The van der Waals surface area contributed by atoms with Crippen LogP contribution in [0.4, 0.5) is 11.4 Å². The number of benzene rings is 3. The summed E-state index contributed by atoms with van der Waals surface area (Å²) >= 11 is 0. The van der Waals surface area contributed by atoms with Crippen LogP contribution < -0.4 is 14.4 Å². The molecule has 4 aromatic rings. The molecule has 5 rings (SSSR count). The highest BCUT2D eigenvalue weighted by molar-refractivity contribution is 7.93. The molecule has 1 saturated heterocycles. The number of anilines is 2. The Balaban J connectivity index is 1.23. The molecule has 1 aromatic heterocycles. The van der Waals surface area contributed by atoms with Gasteiger partial charge in [0.2, 0.25) is 10.0 Å². The number of carbonyl (C=O) groups is 1. The first kappa shape index (κ1) is 21.1. The van der Waals surface area contributed by atoms with Gasteiger partial charge in [-0.25, -0.2) is 8.42 Å². The van der Waals surface area contributed by atoms with Crippen molar-refractivity contribution in [2.75, 3.05) is 21.9 Å². The standard InChI is InChI=1S/C25H22N2O5S/c28-25(26-20-7-3-8-21(16-20)27-13-4-14-33(27,29)30)24-12-11-23(32-24)17-31-22-10-9-18-5-1-2-6-19(18)15-22/h1-3,5-12,15-16H,4,13-14,17H2,(H,26,28). The first-order valence-corrected chi connectivity index (χ1v) is 12.2. The van der Waals surface area contributed by atoms with Gasteiger partial charge in [0.1, 0.15) is 18.1 Å². The van der Waals surface area contributed by atoms with Crippen LogP contribution in [0.15, 0.2) is 83.3 Å². The Kier molecular flexibility index (Phi) is 5.51. The van der Waals surface area contributed by atoms with Gasteiger partial charge in [0.25, 0.3) is 5.91 Å². The van der Waals surface area contributed by atoms with Crippen LogP contribution in [0.1, 0.15) is 22.7 Å². The molecular formula is C25H22N2O5S. The van der Waals surface area contributed by atoms with Crippen molar-refractivity contribution in [1.29, 1.82) is 0 Å². The number of carbonyl (C=O) groups excluding carboxylic acids is 1. The van der Waals surface area contributed by atoms with Crippen LogP contribution in [0.5, 0.6) is 5.75 Å². The van der Waals surface area contributed by atoms with Crippen molar-refractivity contribution in [2.24, 2.45) is 0 Å². The van der Waals surface area contributed by atoms with Gasteiger partial charge in [-0.15, -0.1) is 0 Å². The van der Waals surface area contributed by atoms with Crippen LogP contribution in [0.3, 0.4) is 0 Å². The van der Waals surface area contributed by atoms with Crippen LogP contribution in [-0.4, -0.2) is 26.6 Å². The summed E-state index contributed by atoms with van der Waals surface area (Å²) in [7, 11) is -3.29. The maximum atomic E-state index is 12.6. The lowest BCUT2D eigenvalue weighted by molar-refractivity contribution is 0.0992. The fourth-order valence-electron chi connectivity index (χ4n) is 3.85. The minimum Gasteiger partial charge on any atom is -0.486 e. The van der Waals surface area contributed by atoms with Crippen molar-refractivity contribution in [2.45, 2.75) is 13.0 Å². The molecule has 0 spiro atoms. The van der Waals surface area contributed by atoms with Crippen molar-refractivity contribution in [3.8, 4) is 5.75 Å². The number of fused-ring (bicyclic) bond motifs is 1. The molecule has 0 aliphatic carbocycles. The molecule has 8 heteroatoms. The van der Waals surface area contributed by atoms with Crippen molar-refractivity contribution in [1.82, 2.24) is 0 Å². The smallest absolute Gasteiger partial charge is 0.291 e. The monoisotopic (exact) mass is 462 g/mol. The molecule has 1 aliphatic heterocycles. The van der Waals surface area contributed by atoms with E-state index in [0.717, 1.165) is 10.8 Å². The topological polar surface area (TPSA) is 88.9 Å². The quantitative estimate of drug-likeness (QED) is 0.444. The summed E-state index contributed by atoms with van der Waals surface area (Å²) in [6.45, 7) is 0.631. The van der Waals surface area contributed by atoms with E-state index in [0.29, 0.717) is 35.9 Å². The number of amides is 1. The zero-order valence-corrected chi connectivity index (χ0v) is 18.5. The van der Waals surface area contributed by atoms with Gasteiger partial charge in [-0.1, -0.05) is 36.4 Å². The summed E-state index contributed by atoms with van der Waals surface area (Å²) in [5.74, 6) is 1.09. The molecule has 1 N–H and O–H groups in total. The average molecular weight is 463 g/mol. The van der Waals surface area contributed by atoms with Crippen LogP contribution in [0, 0.1) is 0 Å². The Morgan fingerprint density at radius 3 is 2.64 bits per heavy atom. The van der Waals surface area contributed by atoms with Crippen LogP contribution in [0.2, 0.25) is 0 Å². The molecule has 0 bridgehead atoms. The van der Waals surface area contributed by atoms with E-state index in [9.17, 15) is 13.2 Å². The second-order valence-corrected chi connectivity index (χ2v) is 9.82. The highest BCUT2D eigenvalue weighted by Gasteiger charge is 2.28. The molecule has 2 heterocycles. The molecule has 0 radical (unpaired) electrons. The first-order chi connectivity index (χ1) is 16.0. The van der Waals surface area contributed by atoms with Gasteiger partial charge in [0.05, 0.1) is 11.4 Å². The Bertz CT molecular complexity index is 1430. The maximum absolute atomic E-state index is 12.6. The number of nitrogens with zero attached hydrogens (tertiary/aromatic N) is 1. The van der Waals surface area contributed by atoms with Crippen LogP contribution in [0.25, 0.3) is 10.8 Å². The Morgan fingerprint density at radius 1 is 0.970 bits per heavy atom. The van der Waals surface area contributed by atoms with Crippen LogP contribution >= 0.6 is 0 Å². The van der Waals surface area contributed by atoms with E-state index in [1.165, 1.54) is 4.31 Å². The first-order valence-electron chi connectivity index (χ1n) is 10.6. The van der Waals surface area contributed by atoms with E-state index < -0.39 is 15.9 Å². The molecule has 3 aromatic carbocycles.